The van der Waals surface area contributed by atoms with Crippen molar-refractivity contribution in [1.82, 2.24) is 0 Å². The fraction of sp³-hybridized carbons (Fsp3) is 0. The number of benzene rings is 3. The second-order valence-corrected chi connectivity index (χ2v) is 6.53. The highest BCUT2D eigenvalue weighted by Gasteiger charge is 2.15. The molecule has 20 heavy (non-hydrogen) atoms. The minimum Gasteiger partial charge on any atom is -0.282 e. The van der Waals surface area contributed by atoms with Gasteiger partial charge in [-0.3, -0.25) is 4.55 Å². The molecule has 0 fully saturated rings. The molecule has 6 heteroatoms. The Bertz CT molecular complexity index is 949. The first kappa shape index (κ1) is 13.6. The molecule has 0 aromatic heterocycles. The summed E-state index contributed by atoms with van der Waals surface area (Å²) in [6, 6.07) is 11.5. The lowest BCUT2D eigenvalue weighted by molar-refractivity contribution is 0.483. The van der Waals surface area contributed by atoms with Crippen LogP contribution in [0.25, 0.3) is 21.5 Å². The normalized spacial score (nSPS) is 12.2. The largest absolute Gasteiger partial charge is 0.294 e. The van der Waals surface area contributed by atoms with Crippen LogP contribution in [0.2, 0.25) is 10.0 Å². The quantitative estimate of drug-likeness (QED) is 0.527. The molecule has 3 nitrogen and oxygen atoms in total. The van der Waals surface area contributed by atoms with Crippen molar-refractivity contribution in [2.45, 2.75) is 4.90 Å². The molecule has 3 aromatic rings. The summed E-state index contributed by atoms with van der Waals surface area (Å²) < 4.78 is 31.5. The fourth-order valence-electron chi connectivity index (χ4n) is 2.21. The van der Waals surface area contributed by atoms with Crippen LogP contribution in [0.1, 0.15) is 0 Å². The van der Waals surface area contributed by atoms with Crippen molar-refractivity contribution in [2.24, 2.45) is 0 Å². The van der Waals surface area contributed by atoms with E-state index in [1.807, 2.05) is 24.3 Å². The molecule has 102 valence electrons. The van der Waals surface area contributed by atoms with E-state index in [0.717, 1.165) is 10.8 Å². The van der Waals surface area contributed by atoms with Crippen LogP contribution in [0, 0.1) is 0 Å². The Hall–Kier alpha value is -1.33. The van der Waals surface area contributed by atoms with Gasteiger partial charge >= 0.3 is 0 Å². The fourth-order valence-corrected chi connectivity index (χ4v) is 3.37. The first-order chi connectivity index (χ1) is 9.39. The zero-order valence-corrected chi connectivity index (χ0v) is 12.3. The molecule has 3 aromatic carbocycles. The molecule has 0 spiro atoms. The molecule has 0 saturated carbocycles. The van der Waals surface area contributed by atoms with Gasteiger partial charge in [-0.2, -0.15) is 8.42 Å². The number of hydrogen-bond donors (Lipinski definition) is 1. The van der Waals surface area contributed by atoms with Gasteiger partial charge in [0.05, 0.1) is 14.9 Å². The van der Waals surface area contributed by atoms with Gasteiger partial charge in [0.2, 0.25) is 0 Å². The molecule has 0 aliphatic rings. The second kappa shape index (κ2) is 4.60. The molecule has 0 unspecified atom stereocenters. The van der Waals surface area contributed by atoms with E-state index in [1.165, 1.54) is 12.1 Å². The van der Waals surface area contributed by atoms with Crippen molar-refractivity contribution < 1.29 is 13.0 Å². The molecule has 0 bridgehead atoms. The lowest BCUT2D eigenvalue weighted by Gasteiger charge is -2.10. The van der Waals surface area contributed by atoms with Crippen molar-refractivity contribution >= 4 is 54.9 Å². The summed E-state index contributed by atoms with van der Waals surface area (Å²) in [5.74, 6) is 0. The number of halogens is 2. The van der Waals surface area contributed by atoms with Crippen LogP contribution in [0.4, 0.5) is 0 Å². The molecular weight excluding hydrogens is 319 g/mol. The minimum atomic E-state index is -4.28. The van der Waals surface area contributed by atoms with Crippen LogP contribution in [0.15, 0.2) is 47.4 Å². The number of hydrogen-bond acceptors (Lipinski definition) is 2. The summed E-state index contributed by atoms with van der Waals surface area (Å²) >= 11 is 12.7. The summed E-state index contributed by atoms with van der Waals surface area (Å²) in [6.07, 6.45) is 0. The van der Waals surface area contributed by atoms with E-state index in [0.29, 0.717) is 20.8 Å². The maximum atomic E-state index is 11.2. The zero-order chi connectivity index (χ0) is 14.5. The summed E-state index contributed by atoms with van der Waals surface area (Å²) in [6.45, 7) is 0. The zero-order valence-electron chi connectivity index (χ0n) is 9.97. The first-order valence-corrected chi connectivity index (χ1v) is 7.86. The Morgan fingerprint density at radius 2 is 1.30 bits per heavy atom. The van der Waals surface area contributed by atoms with Crippen LogP contribution >= 0.6 is 23.2 Å². The maximum absolute atomic E-state index is 11.2. The van der Waals surface area contributed by atoms with Gasteiger partial charge in [-0.1, -0.05) is 53.5 Å². The molecule has 0 radical (unpaired) electrons. The molecule has 0 aliphatic heterocycles. The van der Waals surface area contributed by atoms with Crippen molar-refractivity contribution in [3.8, 4) is 0 Å². The Labute approximate surface area is 125 Å². The van der Waals surface area contributed by atoms with Gasteiger partial charge in [0.1, 0.15) is 0 Å². The highest BCUT2D eigenvalue weighted by Crippen LogP contribution is 2.39. The summed E-state index contributed by atoms with van der Waals surface area (Å²) in [5, 5.41) is 3.58. The van der Waals surface area contributed by atoms with Gasteiger partial charge in [-0.05, 0) is 12.1 Å². The summed E-state index contributed by atoms with van der Waals surface area (Å²) in [5.41, 5.74) is 0. The van der Waals surface area contributed by atoms with Crippen molar-refractivity contribution in [1.29, 1.82) is 0 Å². The SMILES string of the molecule is O=S(=O)(O)c1ccc2c(Cl)c3ccccc3c(Cl)c2c1. The van der Waals surface area contributed by atoms with Crippen molar-refractivity contribution in [3.63, 3.8) is 0 Å². The monoisotopic (exact) mass is 326 g/mol. The Morgan fingerprint density at radius 1 is 0.800 bits per heavy atom. The lowest BCUT2D eigenvalue weighted by Crippen LogP contribution is -1.97. The molecule has 3 rings (SSSR count). The highest BCUT2D eigenvalue weighted by molar-refractivity contribution is 7.85. The molecule has 1 N–H and O–H groups in total. The predicted octanol–water partition coefficient (Wildman–Crippen LogP) is 4.55. The van der Waals surface area contributed by atoms with E-state index in [1.54, 1.807) is 6.07 Å². The lowest BCUT2D eigenvalue weighted by atomic mass is 10.0. The first-order valence-electron chi connectivity index (χ1n) is 5.66. The molecule has 0 aliphatic carbocycles. The average molecular weight is 327 g/mol. The molecule has 0 atom stereocenters. The minimum absolute atomic E-state index is 0.210. The Morgan fingerprint density at radius 3 is 1.85 bits per heavy atom. The van der Waals surface area contributed by atoms with E-state index in [4.69, 9.17) is 27.8 Å². The highest BCUT2D eigenvalue weighted by atomic mass is 35.5. The van der Waals surface area contributed by atoms with Gasteiger partial charge in [-0.15, -0.1) is 0 Å². The third-order valence-electron chi connectivity index (χ3n) is 3.16. The third-order valence-corrected chi connectivity index (χ3v) is 4.83. The Balaban J connectivity index is 2.53. The third kappa shape index (κ3) is 2.05. The van der Waals surface area contributed by atoms with Gasteiger partial charge in [0.25, 0.3) is 10.1 Å². The van der Waals surface area contributed by atoms with E-state index < -0.39 is 10.1 Å². The topological polar surface area (TPSA) is 54.4 Å². The maximum Gasteiger partial charge on any atom is 0.294 e. The van der Waals surface area contributed by atoms with Gasteiger partial charge < -0.3 is 0 Å². The van der Waals surface area contributed by atoms with E-state index in [-0.39, 0.29) is 4.90 Å². The van der Waals surface area contributed by atoms with Crippen LogP contribution in [-0.4, -0.2) is 13.0 Å². The number of rotatable bonds is 1. The van der Waals surface area contributed by atoms with E-state index >= 15 is 0 Å². The Kier molecular flexibility index (Phi) is 3.14. The van der Waals surface area contributed by atoms with Crippen LogP contribution in [-0.2, 0) is 10.1 Å². The molecule has 0 amide bonds. The van der Waals surface area contributed by atoms with Crippen LogP contribution in [0.5, 0.6) is 0 Å². The standard InChI is InChI=1S/C14H8Cl2O3S/c15-13-9-3-1-2-4-10(9)14(16)12-7-8(20(17,18)19)5-6-11(12)13/h1-7H,(H,17,18,19). The summed E-state index contributed by atoms with van der Waals surface area (Å²) in [7, 11) is -4.28. The predicted molar refractivity (Wildman–Crippen MR) is 81.3 cm³/mol. The molecular formula is C14H8Cl2O3S. The second-order valence-electron chi connectivity index (χ2n) is 4.36. The van der Waals surface area contributed by atoms with E-state index in [9.17, 15) is 8.42 Å². The molecule has 0 heterocycles. The smallest absolute Gasteiger partial charge is 0.282 e. The van der Waals surface area contributed by atoms with Crippen LogP contribution < -0.4 is 0 Å². The van der Waals surface area contributed by atoms with Crippen molar-refractivity contribution in [3.05, 3.63) is 52.5 Å². The summed E-state index contributed by atoms with van der Waals surface area (Å²) in [4.78, 5) is -0.210. The van der Waals surface area contributed by atoms with Crippen molar-refractivity contribution in [2.75, 3.05) is 0 Å². The van der Waals surface area contributed by atoms with Gasteiger partial charge in [0, 0.05) is 21.5 Å². The van der Waals surface area contributed by atoms with Gasteiger partial charge in [-0.25, -0.2) is 0 Å². The molecule has 0 saturated heterocycles. The number of fused-ring (bicyclic) bond motifs is 2. The van der Waals surface area contributed by atoms with E-state index in [2.05, 4.69) is 0 Å². The van der Waals surface area contributed by atoms with Crippen LogP contribution in [0.3, 0.4) is 0 Å². The average Bonchev–Trinajstić information content (AvgIpc) is 2.43. The van der Waals surface area contributed by atoms with Gasteiger partial charge in [0.15, 0.2) is 0 Å².